The van der Waals surface area contributed by atoms with Gasteiger partial charge in [0.15, 0.2) is 0 Å². The topological polar surface area (TPSA) is 121 Å². The van der Waals surface area contributed by atoms with Crippen LogP contribution < -0.4 is 5.32 Å². The first kappa shape index (κ1) is 25.6. The number of hydrogen-bond acceptors (Lipinski definition) is 6. The van der Waals surface area contributed by atoms with Gasteiger partial charge < -0.3 is 15.5 Å². The maximum absolute atomic E-state index is 12.4. The van der Waals surface area contributed by atoms with Gasteiger partial charge in [-0.3, -0.25) is 9.59 Å². The molecule has 4 rings (SSSR count). The van der Waals surface area contributed by atoms with Crippen molar-refractivity contribution in [2.75, 3.05) is 5.32 Å². The number of aryl methyl sites for hydroxylation is 3. The number of amides is 1. The van der Waals surface area contributed by atoms with Gasteiger partial charge in [0.1, 0.15) is 10.8 Å². The number of nitrogens with one attached hydrogen (secondary N) is 1. The Bertz CT molecular complexity index is 1150. The van der Waals surface area contributed by atoms with Gasteiger partial charge in [-0.2, -0.15) is 0 Å². The molecule has 0 radical (unpaired) electrons. The SMILES string of the molecule is O=C(CCCCC(=O)Nc1sc2c(c1C(=O)O)CCCC2)CCc1sc2c(c1C(=O)O)CCCC2. The summed E-state index contributed by atoms with van der Waals surface area (Å²) in [5.74, 6) is -2.04. The van der Waals surface area contributed by atoms with Crippen LogP contribution >= 0.6 is 22.7 Å². The highest BCUT2D eigenvalue weighted by molar-refractivity contribution is 7.17. The van der Waals surface area contributed by atoms with Crippen LogP contribution in [-0.2, 0) is 41.7 Å². The molecule has 2 aromatic heterocycles. The minimum Gasteiger partial charge on any atom is -0.478 e. The van der Waals surface area contributed by atoms with Crippen molar-refractivity contribution in [2.24, 2.45) is 0 Å². The minimum absolute atomic E-state index is 0.0761. The van der Waals surface area contributed by atoms with E-state index in [1.54, 1.807) is 11.3 Å². The monoisotopic (exact) mass is 517 g/mol. The molecule has 3 N–H and O–H groups in total. The van der Waals surface area contributed by atoms with Gasteiger partial charge in [0.05, 0.1) is 11.1 Å². The number of hydrogen-bond donors (Lipinski definition) is 3. The number of rotatable bonds is 11. The molecule has 0 bridgehead atoms. The summed E-state index contributed by atoms with van der Waals surface area (Å²) in [5.41, 5.74) is 2.50. The van der Waals surface area contributed by atoms with Crippen molar-refractivity contribution in [1.29, 1.82) is 0 Å². The van der Waals surface area contributed by atoms with Crippen LogP contribution in [0.15, 0.2) is 0 Å². The number of Topliss-reactive ketones (excluding diaryl/α,β-unsaturated/α-hetero) is 1. The summed E-state index contributed by atoms with van der Waals surface area (Å²) in [4.78, 5) is 51.4. The molecule has 2 aliphatic rings. The molecule has 0 saturated heterocycles. The van der Waals surface area contributed by atoms with E-state index in [4.69, 9.17) is 0 Å². The van der Waals surface area contributed by atoms with E-state index in [-0.39, 0.29) is 23.7 Å². The Morgan fingerprint density at radius 1 is 0.714 bits per heavy atom. The second-order valence-corrected chi connectivity index (χ2v) is 11.6. The quantitative estimate of drug-likeness (QED) is 0.331. The van der Waals surface area contributed by atoms with Crippen molar-refractivity contribution in [2.45, 2.75) is 89.9 Å². The van der Waals surface area contributed by atoms with Gasteiger partial charge in [0, 0.05) is 33.9 Å². The van der Waals surface area contributed by atoms with E-state index in [2.05, 4.69) is 5.32 Å². The lowest BCUT2D eigenvalue weighted by Gasteiger charge is -2.10. The van der Waals surface area contributed by atoms with Crippen LogP contribution in [0.1, 0.15) is 104 Å². The van der Waals surface area contributed by atoms with Crippen LogP contribution in [-0.4, -0.2) is 33.8 Å². The molecule has 35 heavy (non-hydrogen) atoms. The molecule has 7 nitrogen and oxygen atoms in total. The molecule has 0 aromatic carbocycles. The Morgan fingerprint density at radius 3 is 1.94 bits per heavy atom. The van der Waals surface area contributed by atoms with Gasteiger partial charge in [-0.15, -0.1) is 22.7 Å². The standard InChI is InChI=1S/C26H31NO6S2/c28-15(13-14-20-22(25(30)31)16-8-2-4-10-18(16)34-20)7-1-6-12-21(29)27-24-23(26(32)33)17-9-3-5-11-19(17)35-24/h1-14H2,(H,27,29)(H,30,31)(H,32,33). The number of carboxylic acid groups (broad SMARTS) is 2. The van der Waals surface area contributed by atoms with Gasteiger partial charge in [-0.1, -0.05) is 0 Å². The van der Waals surface area contributed by atoms with Crippen molar-refractivity contribution >= 4 is 51.3 Å². The molecular weight excluding hydrogens is 486 g/mol. The number of carbonyl (C=O) groups is 4. The molecule has 9 heteroatoms. The van der Waals surface area contributed by atoms with Gasteiger partial charge in [0.25, 0.3) is 0 Å². The highest BCUT2D eigenvalue weighted by Gasteiger charge is 2.26. The summed E-state index contributed by atoms with van der Waals surface area (Å²) in [5, 5.41) is 22.5. The summed E-state index contributed by atoms with van der Waals surface area (Å²) in [6.07, 6.45) is 9.94. The Labute approximate surface area is 212 Å². The van der Waals surface area contributed by atoms with Gasteiger partial charge in [0.2, 0.25) is 5.91 Å². The predicted octanol–water partition coefficient (Wildman–Crippen LogP) is 5.66. The smallest absolute Gasteiger partial charge is 0.339 e. The van der Waals surface area contributed by atoms with Gasteiger partial charge in [-0.25, -0.2) is 9.59 Å². The largest absolute Gasteiger partial charge is 0.478 e. The Kier molecular flexibility index (Phi) is 8.38. The van der Waals surface area contributed by atoms with E-state index in [1.807, 2.05) is 0 Å². The third-order valence-electron chi connectivity index (χ3n) is 6.84. The molecule has 1 amide bonds. The number of ketones is 1. The summed E-state index contributed by atoms with van der Waals surface area (Å²) < 4.78 is 0. The van der Waals surface area contributed by atoms with Crippen molar-refractivity contribution in [3.63, 3.8) is 0 Å². The molecule has 0 saturated carbocycles. The third-order valence-corrected chi connectivity index (χ3v) is 9.40. The fourth-order valence-corrected chi connectivity index (χ4v) is 7.79. The van der Waals surface area contributed by atoms with E-state index < -0.39 is 11.9 Å². The molecule has 2 aliphatic carbocycles. The lowest BCUT2D eigenvalue weighted by atomic mass is 9.94. The van der Waals surface area contributed by atoms with E-state index in [9.17, 15) is 29.4 Å². The average Bonchev–Trinajstić information content (AvgIpc) is 3.38. The Morgan fingerprint density at radius 2 is 1.29 bits per heavy atom. The Balaban J connectivity index is 1.22. The second-order valence-electron chi connectivity index (χ2n) is 9.33. The van der Waals surface area contributed by atoms with E-state index in [0.717, 1.165) is 72.2 Å². The minimum atomic E-state index is -0.997. The van der Waals surface area contributed by atoms with Gasteiger partial charge in [-0.05, 0) is 81.8 Å². The number of fused-ring (bicyclic) bond motifs is 2. The van der Waals surface area contributed by atoms with Gasteiger partial charge >= 0.3 is 11.9 Å². The molecule has 0 unspecified atom stereocenters. The number of thiophene rings is 2. The second kappa shape index (κ2) is 11.5. The fraction of sp³-hybridized carbons (Fsp3) is 0.538. The van der Waals surface area contributed by atoms with E-state index in [0.29, 0.717) is 42.7 Å². The summed E-state index contributed by atoms with van der Waals surface area (Å²) >= 11 is 2.92. The summed E-state index contributed by atoms with van der Waals surface area (Å²) in [6.45, 7) is 0. The predicted molar refractivity (Wildman–Crippen MR) is 136 cm³/mol. The summed E-state index contributed by atoms with van der Waals surface area (Å²) in [6, 6.07) is 0. The number of unbranched alkanes of at least 4 members (excludes halogenated alkanes) is 1. The van der Waals surface area contributed by atoms with Crippen LogP contribution in [0.5, 0.6) is 0 Å². The fourth-order valence-electron chi connectivity index (χ4n) is 5.10. The van der Waals surface area contributed by atoms with E-state index >= 15 is 0 Å². The van der Waals surface area contributed by atoms with Crippen molar-refractivity contribution < 1.29 is 29.4 Å². The molecule has 0 aliphatic heterocycles. The van der Waals surface area contributed by atoms with Crippen molar-refractivity contribution in [3.8, 4) is 0 Å². The number of carboxylic acids is 2. The average molecular weight is 518 g/mol. The number of anilines is 1. The number of carbonyl (C=O) groups excluding carboxylic acids is 2. The molecular formula is C26H31NO6S2. The zero-order chi connectivity index (χ0) is 24.9. The van der Waals surface area contributed by atoms with Crippen LogP contribution in [0.2, 0.25) is 0 Å². The highest BCUT2D eigenvalue weighted by Crippen LogP contribution is 2.38. The summed E-state index contributed by atoms with van der Waals surface area (Å²) in [7, 11) is 0. The normalized spacial score (nSPS) is 14.7. The van der Waals surface area contributed by atoms with Crippen molar-refractivity contribution in [3.05, 3.63) is 36.9 Å². The zero-order valence-electron chi connectivity index (χ0n) is 19.7. The van der Waals surface area contributed by atoms with Crippen LogP contribution in [0.25, 0.3) is 0 Å². The zero-order valence-corrected chi connectivity index (χ0v) is 21.4. The highest BCUT2D eigenvalue weighted by atomic mass is 32.1. The third kappa shape index (κ3) is 6.01. The van der Waals surface area contributed by atoms with Crippen LogP contribution in [0, 0.1) is 0 Å². The molecule has 188 valence electrons. The first-order chi connectivity index (χ1) is 16.8. The molecule has 0 fully saturated rings. The first-order valence-electron chi connectivity index (χ1n) is 12.4. The lowest BCUT2D eigenvalue weighted by Crippen LogP contribution is -2.14. The molecule has 0 atom stereocenters. The molecule has 0 spiro atoms. The Hall–Kier alpha value is -2.52. The molecule has 2 aromatic rings. The van der Waals surface area contributed by atoms with Crippen LogP contribution in [0.4, 0.5) is 5.00 Å². The maximum Gasteiger partial charge on any atom is 0.339 e. The first-order valence-corrected chi connectivity index (χ1v) is 14.0. The van der Waals surface area contributed by atoms with Crippen LogP contribution in [0.3, 0.4) is 0 Å². The lowest BCUT2D eigenvalue weighted by molar-refractivity contribution is -0.120. The van der Waals surface area contributed by atoms with E-state index in [1.165, 1.54) is 16.2 Å². The maximum atomic E-state index is 12.4. The number of aromatic carboxylic acids is 2. The molecule has 2 heterocycles. The van der Waals surface area contributed by atoms with Crippen molar-refractivity contribution in [1.82, 2.24) is 0 Å².